The van der Waals surface area contributed by atoms with Gasteiger partial charge in [0.05, 0.1) is 11.1 Å². The fraction of sp³-hybridized carbons (Fsp3) is 0.533. The van der Waals surface area contributed by atoms with E-state index in [1.54, 1.807) is 12.1 Å². The summed E-state index contributed by atoms with van der Waals surface area (Å²) in [5.74, 6) is -1.25. The first-order chi connectivity index (χ1) is 10.1. The van der Waals surface area contributed by atoms with Crippen molar-refractivity contribution in [3.63, 3.8) is 0 Å². The molecule has 6 nitrogen and oxygen atoms in total. The van der Waals surface area contributed by atoms with Gasteiger partial charge in [-0.25, -0.2) is 4.98 Å². The number of aromatic nitrogens is 1. The number of carbonyl (C=O) groups excluding carboxylic acids is 1. The van der Waals surface area contributed by atoms with E-state index in [0.29, 0.717) is 18.5 Å². The van der Waals surface area contributed by atoms with Crippen molar-refractivity contribution in [2.24, 2.45) is 5.41 Å². The lowest BCUT2D eigenvalue weighted by Gasteiger charge is -2.28. The van der Waals surface area contributed by atoms with E-state index < -0.39 is 17.3 Å². The van der Waals surface area contributed by atoms with Gasteiger partial charge in [-0.3, -0.25) is 9.59 Å². The molecule has 0 atom stereocenters. The van der Waals surface area contributed by atoms with Gasteiger partial charge in [0.15, 0.2) is 5.69 Å². The van der Waals surface area contributed by atoms with Crippen molar-refractivity contribution >= 4 is 17.6 Å². The summed E-state index contributed by atoms with van der Waals surface area (Å²) in [6, 6.07) is 3.25. The maximum absolute atomic E-state index is 12.1. The van der Waals surface area contributed by atoms with Crippen molar-refractivity contribution in [1.82, 2.24) is 10.3 Å². The molecule has 1 aromatic rings. The number of nitrogens with two attached hydrogens (primary N) is 1. The van der Waals surface area contributed by atoms with Crippen LogP contribution in [0.15, 0.2) is 18.3 Å². The highest BCUT2D eigenvalue weighted by Crippen LogP contribution is 2.34. The molecule has 21 heavy (non-hydrogen) atoms. The second-order valence-electron chi connectivity index (χ2n) is 5.62. The number of nitrogens with zero attached hydrogens (tertiary/aromatic N) is 1. The van der Waals surface area contributed by atoms with Gasteiger partial charge in [-0.1, -0.05) is 25.7 Å². The van der Waals surface area contributed by atoms with Crippen LogP contribution < -0.4 is 11.1 Å². The van der Waals surface area contributed by atoms with Crippen molar-refractivity contribution in [3.05, 3.63) is 24.0 Å². The third-order valence-electron chi connectivity index (χ3n) is 4.16. The zero-order chi connectivity index (χ0) is 15.3. The first-order valence-corrected chi connectivity index (χ1v) is 7.27. The summed E-state index contributed by atoms with van der Waals surface area (Å²) in [5, 5.41) is 12.3. The number of carboxylic acids is 1. The molecule has 1 aliphatic carbocycles. The Kier molecular flexibility index (Phi) is 4.77. The Bertz CT molecular complexity index is 523. The second-order valence-corrected chi connectivity index (χ2v) is 5.62. The number of nitrogen functional groups attached to an aromatic ring is 1. The number of hydrogen-bond donors (Lipinski definition) is 3. The van der Waals surface area contributed by atoms with E-state index in [-0.39, 0.29) is 12.2 Å². The molecule has 1 fully saturated rings. The Morgan fingerprint density at radius 2 is 1.95 bits per heavy atom. The van der Waals surface area contributed by atoms with E-state index in [9.17, 15) is 14.7 Å². The third-order valence-corrected chi connectivity index (χ3v) is 4.16. The smallest absolute Gasteiger partial charge is 0.311 e. The van der Waals surface area contributed by atoms with Crippen LogP contribution in [0.2, 0.25) is 0 Å². The average molecular weight is 291 g/mol. The van der Waals surface area contributed by atoms with Crippen LogP contribution in [0.5, 0.6) is 0 Å². The summed E-state index contributed by atoms with van der Waals surface area (Å²) in [6.07, 6.45) is 6.55. The summed E-state index contributed by atoms with van der Waals surface area (Å²) in [4.78, 5) is 27.7. The summed E-state index contributed by atoms with van der Waals surface area (Å²) < 4.78 is 0. The minimum absolute atomic E-state index is 0.122. The minimum Gasteiger partial charge on any atom is -0.481 e. The van der Waals surface area contributed by atoms with Crippen LogP contribution in [0.3, 0.4) is 0 Å². The number of hydrogen-bond acceptors (Lipinski definition) is 4. The molecule has 1 saturated carbocycles. The number of aliphatic carboxylic acids is 1. The molecular weight excluding hydrogens is 270 g/mol. The van der Waals surface area contributed by atoms with Gasteiger partial charge < -0.3 is 16.2 Å². The van der Waals surface area contributed by atoms with E-state index in [0.717, 1.165) is 25.7 Å². The van der Waals surface area contributed by atoms with Crippen molar-refractivity contribution in [1.29, 1.82) is 0 Å². The lowest BCUT2D eigenvalue weighted by Crippen LogP contribution is -2.43. The third kappa shape index (κ3) is 3.51. The van der Waals surface area contributed by atoms with Crippen LogP contribution in [0.25, 0.3) is 0 Å². The van der Waals surface area contributed by atoms with Gasteiger partial charge >= 0.3 is 5.97 Å². The van der Waals surface area contributed by atoms with Gasteiger partial charge in [-0.05, 0) is 25.0 Å². The van der Waals surface area contributed by atoms with Gasteiger partial charge in [-0.2, -0.15) is 0 Å². The molecule has 0 aliphatic heterocycles. The number of rotatable bonds is 4. The summed E-state index contributed by atoms with van der Waals surface area (Å²) in [5.41, 5.74) is 5.28. The Labute approximate surface area is 123 Å². The average Bonchev–Trinajstić information content (AvgIpc) is 2.72. The van der Waals surface area contributed by atoms with Gasteiger partial charge in [0.25, 0.3) is 5.91 Å². The first-order valence-electron chi connectivity index (χ1n) is 7.27. The van der Waals surface area contributed by atoms with Gasteiger partial charge in [-0.15, -0.1) is 0 Å². The summed E-state index contributed by atoms with van der Waals surface area (Å²) >= 11 is 0. The van der Waals surface area contributed by atoms with E-state index in [1.807, 2.05) is 0 Å². The zero-order valence-corrected chi connectivity index (χ0v) is 12.0. The minimum atomic E-state index is -0.865. The maximum atomic E-state index is 12.1. The molecule has 0 spiro atoms. The SMILES string of the molecule is Nc1cccnc1C(=O)NCC1(C(=O)O)CCCCCC1. The fourth-order valence-corrected chi connectivity index (χ4v) is 2.81. The molecule has 0 unspecified atom stereocenters. The lowest BCUT2D eigenvalue weighted by atomic mass is 9.80. The number of amides is 1. The molecule has 4 N–H and O–H groups in total. The molecule has 0 saturated heterocycles. The quantitative estimate of drug-likeness (QED) is 0.734. The van der Waals surface area contributed by atoms with Gasteiger partial charge in [0.1, 0.15) is 0 Å². The van der Waals surface area contributed by atoms with E-state index in [1.165, 1.54) is 6.20 Å². The normalized spacial score (nSPS) is 17.7. The topological polar surface area (TPSA) is 105 Å². The molecule has 0 radical (unpaired) electrons. The number of pyridine rings is 1. The molecule has 1 heterocycles. The lowest BCUT2D eigenvalue weighted by molar-refractivity contribution is -0.149. The molecule has 1 aliphatic rings. The van der Waals surface area contributed by atoms with Gasteiger partial charge in [0, 0.05) is 12.7 Å². The van der Waals surface area contributed by atoms with Crippen molar-refractivity contribution < 1.29 is 14.7 Å². The monoisotopic (exact) mass is 291 g/mol. The van der Waals surface area contributed by atoms with Crippen LogP contribution in [0, 0.1) is 5.41 Å². The molecule has 114 valence electrons. The molecule has 1 aromatic heterocycles. The predicted molar refractivity (Wildman–Crippen MR) is 78.8 cm³/mol. The van der Waals surface area contributed by atoms with Crippen LogP contribution in [-0.2, 0) is 4.79 Å². The largest absolute Gasteiger partial charge is 0.481 e. The molecule has 2 rings (SSSR count). The zero-order valence-electron chi connectivity index (χ0n) is 12.0. The Hall–Kier alpha value is -2.11. The number of anilines is 1. The Morgan fingerprint density at radius 1 is 1.29 bits per heavy atom. The molecule has 0 bridgehead atoms. The molecular formula is C15H21N3O3. The highest BCUT2D eigenvalue weighted by Gasteiger charge is 2.39. The van der Waals surface area contributed by atoms with E-state index >= 15 is 0 Å². The number of carboxylic acid groups (broad SMARTS) is 1. The van der Waals surface area contributed by atoms with E-state index in [4.69, 9.17) is 5.73 Å². The highest BCUT2D eigenvalue weighted by molar-refractivity contribution is 5.97. The van der Waals surface area contributed by atoms with Crippen molar-refractivity contribution in [2.75, 3.05) is 12.3 Å². The fourth-order valence-electron chi connectivity index (χ4n) is 2.81. The van der Waals surface area contributed by atoms with Crippen LogP contribution in [0.1, 0.15) is 49.0 Å². The second kappa shape index (κ2) is 6.56. The standard InChI is InChI=1S/C15H21N3O3/c16-11-6-5-9-17-12(11)13(19)18-10-15(14(20)21)7-3-1-2-4-8-15/h5-6,9H,1-4,7-8,10,16H2,(H,18,19)(H,20,21). The highest BCUT2D eigenvalue weighted by atomic mass is 16.4. The summed E-state index contributed by atoms with van der Waals surface area (Å²) in [6.45, 7) is 0.122. The van der Waals surface area contributed by atoms with Crippen LogP contribution in [-0.4, -0.2) is 28.5 Å². The summed E-state index contributed by atoms with van der Waals surface area (Å²) in [7, 11) is 0. The maximum Gasteiger partial charge on any atom is 0.311 e. The predicted octanol–water partition coefficient (Wildman–Crippen LogP) is 1.82. The molecule has 0 aromatic carbocycles. The van der Waals surface area contributed by atoms with Crippen molar-refractivity contribution in [3.8, 4) is 0 Å². The van der Waals surface area contributed by atoms with E-state index in [2.05, 4.69) is 10.3 Å². The Morgan fingerprint density at radius 3 is 2.52 bits per heavy atom. The molecule has 1 amide bonds. The Balaban J connectivity index is 2.07. The number of nitrogens with one attached hydrogen (secondary N) is 1. The first kappa shape index (κ1) is 15.3. The van der Waals surface area contributed by atoms with Crippen molar-refractivity contribution in [2.45, 2.75) is 38.5 Å². The van der Waals surface area contributed by atoms with Crippen LogP contribution in [0.4, 0.5) is 5.69 Å². The number of carbonyl (C=O) groups is 2. The van der Waals surface area contributed by atoms with Gasteiger partial charge in [0.2, 0.25) is 0 Å². The van der Waals surface area contributed by atoms with Crippen LogP contribution >= 0.6 is 0 Å². The molecule has 6 heteroatoms.